The van der Waals surface area contributed by atoms with Gasteiger partial charge in [-0.15, -0.1) is 12.4 Å². The van der Waals surface area contributed by atoms with Crippen molar-refractivity contribution >= 4 is 24.0 Å². The molecule has 1 saturated carbocycles. The predicted octanol–water partition coefficient (Wildman–Crippen LogP) is 2.73. The van der Waals surface area contributed by atoms with Gasteiger partial charge < -0.3 is 20.5 Å². The Bertz CT molecular complexity index is 548. The van der Waals surface area contributed by atoms with Gasteiger partial charge in [0, 0.05) is 17.3 Å². The van der Waals surface area contributed by atoms with Crippen molar-refractivity contribution in [2.24, 2.45) is 11.7 Å². The smallest absolute Gasteiger partial charge is 0.229 e. The van der Waals surface area contributed by atoms with Crippen molar-refractivity contribution in [3.05, 3.63) is 18.2 Å². The molecule has 6 heteroatoms. The average Bonchev–Trinajstić information content (AvgIpc) is 2.46. The number of rotatable bonds is 2. The highest BCUT2D eigenvalue weighted by Crippen LogP contribution is 2.35. The predicted molar refractivity (Wildman–Crippen MR) is 87.9 cm³/mol. The maximum Gasteiger partial charge on any atom is 0.229 e. The van der Waals surface area contributed by atoms with Crippen LogP contribution in [-0.2, 0) is 4.79 Å². The second kappa shape index (κ2) is 6.75. The summed E-state index contributed by atoms with van der Waals surface area (Å²) in [5, 5.41) is 2.96. The Morgan fingerprint density at radius 3 is 2.73 bits per heavy atom. The maximum atomic E-state index is 12.5. The van der Waals surface area contributed by atoms with Crippen LogP contribution in [0.2, 0.25) is 0 Å². The second-order valence-electron chi connectivity index (χ2n) is 6.15. The van der Waals surface area contributed by atoms with Gasteiger partial charge in [0.05, 0.1) is 5.92 Å². The molecule has 2 atom stereocenters. The van der Waals surface area contributed by atoms with E-state index >= 15 is 0 Å². The van der Waals surface area contributed by atoms with Gasteiger partial charge in [0.15, 0.2) is 11.5 Å². The Morgan fingerprint density at radius 2 is 2.00 bits per heavy atom. The fourth-order valence-corrected chi connectivity index (χ4v) is 3.14. The first kappa shape index (κ1) is 16.9. The minimum Gasteiger partial charge on any atom is -0.486 e. The average molecular weight is 327 g/mol. The molecule has 0 saturated heterocycles. The topological polar surface area (TPSA) is 73.6 Å². The summed E-state index contributed by atoms with van der Waals surface area (Å²) in [6, 6.07) is 5.47. The van der Waals surface area contributed by atoms with E-state index in [2.05, 4.69) is 5.32 Å². The van der Waals surface area contributed by atoms with Crippen LogP contribution in [0.15, 0.2) is 18.2 Å². The number of halogens is 1. The lowest BCUT2D eigenvalue weighted by atomic mass is 9.74. The summed E-state index contributed by atoms with van der Waals surface area (Å²) >= 11 is 0. The van der Waals surface area contributed by atoms with Crippen molar-refractivity contribution in [1.82, 2.24) is 0 Å². The number of ether oxygens (including phenoxy) is 2. The Morgan fingerprint density at radius 1 is 1.27 bits per heavy atom. The molecule has 3 N–H and O–H groups in total. The molecule has 1 amide bonds. The molecule has 1 aliphatic carbocycles. The Kier molecular flexibility index (Phi) is 5.19. The summed E-state index contributed by atoms with van der Waals surface area (Å²) in [6.07, 6.45) is 3.91. The molecular weight excluding hydrogens is 304 g/mol. The third kappa shape index (κ3) is 3.47. The van der Waals surface area contributed by atoms with Crippen molar-refractivity contribution in [1.29, 1.82) is 0 Å². The maximum absolute atomic E-state index is 12.5. The number of hydrogen-bond donors (Lipinski definition) is 2. The largest absolute Gasteiger partial charge is 0.486 e. The number of benzene rings is 1. The number of nitrogens with two attached hydrogens (primary N) is 1. The van der Waals surface area contributed by atoms with E-state index in [1.165, 1.54) is 0 Å². The van der Waals surface area contributed by atoms with Crippen molar-refractivity contribution < 1.29 is 14.3 Å². The summed E-state index contributed by atoms with van der Waals surface area (Å²) in [5.74, 6) is 1.26. The van der Waals surface area contributed by atoms with Crippen LogP contribution in [0, 0.1) is 5.92 Å². The molecule has 0 bridgehead atoms. The van der Waals surface area contributed by atoms with E-state index in [0.717, 1.165) is 37.1 Å². The molecule has 1 aliphatic heterocycles. The van der Waals surface area contributed by atoms with Gasteiger partial charge in [-0.2, -0.15) is 0 Å². The second-order valence-corrected chi connectivity index (χ2v) is 6.15. The van der Waals surface area contributed by atoms with E-state index < -0.39 is 5.54 Å². The van der Waals surface area contributed by atoms with Crippen LogP contribution in [-0.4, -0.2) is 24.7 Å². The number of hydrogen-bond acceptors (Lipinski definition) is 4. The lowest BCUT2D eigenvalue weighted by Crippen LogP contribution is -2.51. The van der Waals surface area contributed by atoms with Crippen LogP contribution in [0.3, 0.4) is 0 Å². The normalized spacial score (nSPS) is 26.7. The van der Waals surface area contributed by atoms with Gasteiger partial charge in [-0.25, -0.2) is 0 Å². The van der Waals surface area contributed by atoms with E-state index in [1.807, 2.05) is 25.1 Å². The van der Waals surface area contributed by atoms with Gasteiger partial charge in [-0.05, 0) is 31.9 Å². The molecule has 1 aromatic carbocycles. The molecule has 1 heterocycles. The van der Waals surface area contributed by atoms with Crippen LogP contribution in [0.25, 0.3) is 0 Å². The molecule has 1 fully saturated rings. The van der Waals surface area contributed by atoms with E-state index in [0.29, 0.717) is 19.0 Å². The van der Waals surface area contributed by atoms with Crippen molar-refractivity contribution in [2.75, 3.05) is 18.5 Å². The highest BCUT2D eigenvalue weighted by Gasteiger charge is 2.37. The Hall–Kier alpha value is -1.46. The number of carbonyl (C=O) groups is 1. The number of fused-ring (bicyclic) bond motifs is 1. The molecule has 5 nitrogen and oxygen atoms in total. The number of nitrogens with one attached hydrogen (secondary N) is 1. The number of amides is 1. The van der Waals surface area contributed by atoms with Crippen molar-refractivity contribution in [3.8, 4) is 11.5 Å². The zero-order valence-corrected chi connectivity index (χ0v) is 13.6. The summed E-state index contributed by atoms with van der Waals surface area (Å²) in [6.45, 7) is 3.07. The molecule has 0 radical (unpaired) electrons. The molecular formula is C16H23ClN2O3. The van der Waals surface area contributed by atoms with Crippen LogP contribution < -0.4 is 20.5 Å². The third-order valence-electron chi connectivity index (χ3n) is 4.38. The molecule has 22 heavy (non-hydrogen) atoms. The van der Waals surface area contributed by atoms with Crippen LogP contribution >= 0.6 is 12.4 Å². The van der Waals surface area contributed by atoms with Crippen LogP contribution in [0.5, 0.6) is 11.5 Å². The first-order valence-corrected chi connectivity index (χ1v) is 7.56. The lowest BCUT2D eigenvalue weighted by molar-refractivity contribution is -0.122. The molecule has 2 unspecified atom stereocenters. The highest BCUT2D eigenvalue weighted by atomic mass is 35.5. The van der Waals surface area contributed by atoms with Crippen LogP contribution in [0.4, 0.5) is 5.69 Å². The van der Waals surface area contributed by atoms with Crippen molar-refractivity contribution in [3.63, 3.8) is 0 Å². The summed E-state index contributed by atoms with van der Waals surface area (Å²) in [7, 11) is 0. The fourth-order valence-electron chi connectivity index (χ4n) is 3.14. The van der Waals surface area contributed by atoms with E-state index in [9.17, 15) is 4.79 Å². The summed E-state index contributed by atoms with van der Waals surface area (Å²) in [4.78, 5) is 12.5. The minimum absolute atomic E-state index is 0. The van der Waals surface area contributed by atoms with Gasteiger partial charge in [0.25, 0.3) is 0 Å². The first-order chi connectivity index (χ1) is 10.1. The summed E-state index contributed by atoms with van der Waals surface area (Å²) in [5.41, 5.74) is 6.59. The van der Waals surface area contributed by atoms with E-state index in [1.54, 1.807) is 0 Å². The Labute approximate surface area is 137 Å². The van der Waals surface area contributed by atoms with Gasteiger partial charge in [-0.3, -0.25) is 4.79 Å². The van der Waals surface area contributed by atoms with Crippen molar-refractivity contribution in [2.45, 2.75) is 38.1 Å². The Balaban J connectivity index is 0.00000176. The standard InChI is InChI=1S/C16H22N2O3.ClH/c1-16(17)7-3-2-4-12(16)15(19)18-11-5-6-13-14(10-11)21-9-8-20-13;/h5-6,10,12H,2-4,7-9,17H2,1H3,(H,18,19);1H. The molecule has 2 aliphatic rings. The number of carbonyl (C=O) groups excluding carboxylic acids is 1. The lowest BCUT2D eigenvalue weighted by Gasteiger charge is -2.37. The van der Waals surface area contributed by atoms with Gasteiger partial charge in [-0.1, -0.05) is 12.8 Å². The molecule has 122 valence electrons. The zero-order valence-electron chi connectivity index (χ0n) is 12.8. The molecule has 0 aromatic heterocycles. The summed E-state index contributed by atoms with van der Waals surface area (Å²) < 4.78 is 11.0. The molecule has 0 spiro atoms. The van der Waals surface area contributed by atoms with E-state index in [4.69, 9.17) is 15.2 Å². The molecule has 1 aromatic rings. The molecule has 3 rings (SSSR count). The quantitative estimate of drug-likeness (QED) is 0.876. The number of anilines is 1. The SMILES string of the molecule is CC1(N)CCCCC1C(=O)Nc1ccc2c(c1)OCCO2.Cl. The third-order valence-corrected chi connectivity index (χ3v) is 4.38. The highest BCUT2D eigenvalue weighted by molar-refractivity contribution is 5.93. The van der Waals surface area contributed by atoms with Gasteiger partial charge in [0.1, 0.15) is 13.2 Å². The van der Waals surface area contributed by atoms with E-state index in [-0.39, 0.29) is 24.2 Å². The monoisotopic (exact) mass is 326 g/mol. The minimum atomic E-state index is -0.420. The van der Waals surface area contributed by atoms with Gasteiger partial charge >= 0.3 is 0 Å². The zero-order chi connectivity index (χ0) is 14.9. The van der Waals surface area contributed by atoms with Crippen LogP contribution in [0.1, 0.15) is 32.6 Å². The van der Waals surface area contributed by atoms with Gasteiger partial charge in [0.2, 0.25) is 5.91 Å². The first-order valence-electron chi connectivity index (χ1n) is 7.56. The fraction of sp³-hybridized carbons (Fsp3) is 0.562.